The topological polar surface area (TPSA) is 46.6 Å². The first-order valence-electron chi connectivity index (χ1n) is 9.75. The molecule has 28 heavy (non-hydrogen) atoms. The van der Waals surface area contributed by atoms with E-state index in [1.807, 2.05) is 6.07 Å². The van der Waals surface area contributed by atoms with Crippen molar-refractivity contribution in [2.24, 2.45) is 5.92 Å². The van der Waals surface area contributed by atoms with Crippen LogP contribution in [0.25, 0.3) is 0 Å². The van der Waals surface area contributed by atoms with Crippen LogP contribution >= 0.6 is 11.6 Å². The number of ether oxygens (including phenoxy) is 1. The van der Waals surface area contributed by atoms with E-state index < -0.39 is 9.84 Å². The maximum Gasteiger partial charge on any atom is 0.175 e. The van der Waals surface area contributed by atoms with Crippen molar-refractivity contribution in [1.82, 2.24) is 4.90 Å². The summed E-state index contributed by atoms with van der Waals surface area (Å²) < 4.78 is 29.1. The Morgan fingerprint density at radius 1 is 1.11 bits per heavy atom. The maximum absolute atomic E-state index is 11.6. The predicted molar refractivity (Wildman–Crippen MR) is 112 cm³/mol. The number of fused-ring (bicyclic) bond motifs is 1. The molecule has 0 bridgehead atoms. The molecule has 3 atom stereocenters. The molecule has 0 amide bonds. The molecule has 0 radical (unpaired) electrons. The molecule has 6 heteroatoms. The number of nitrogens with zero attached hydrogens (tertiary/aromatic N) is 1. The van der Waals surface area contributed by atoms with Gasteiger partial charge in [0.25, 0.3) is 0 Å². The zero-order valence-electron chi connectivity index (χ0n) is 16.3. The Morgan fingerprint density at radius 2 is 1.82 bits per heavy atom. The van der Waals surface area contributed by atoms with Gasteiger partial charge in [0.15, 0.2) is 9.84 Å². The fourth-order valence-electron chi connectivity index (χ4n) is 4.60. The highest BCUT2D eigenvalue weighted by atomic mass is 35.5. The number of rotatable bonds is 5. The number of halogens is 1. The first kappa shape index (κ1) is 19.7. The van der Waals surface area contributed by atoms with Gasteiger partial charge in [-0.3, -0.25) is 4.90 Å². The van der Waals surface area contributed by atoms with Gasteiger partial charge in [0, 0.05) is 35.8 Å². The van der Waals surface area contributed by atoms with Crippen molar-refractivity contribution in [2.45, 2.75) is 43.2 Å². The minimum Gasteiger partial charge on any atom is -0.493 e. The summed E-state index contributed by atoms with van der Waals surface area (Å²) >= 11 is 6.15. The van der Waals surface area contributed by atoms with E-state index in [0.29, 0.717) is 29.5 Å². The van der Waals surface area contributed by atoms with Crippen LogP contribution in [0, 0.1) is 5.92 Å². The first-order chi connectivity index (χ1) is 13.3. The third-order valence-corrected chi connectivity index (χ3v) is 7.36. The Morgan fingerprint density at radius 3 is 2.54 bits per heavy atom. The normalized spacial score (nSPS) is 25.0. The van der Waals surface area contributed by atoms with Crippen LogP contribution in [-0.4, -0.2) is 44.8 Å². The number of benzene rings is 2. The third-order valence-electron chi connectivity index (χ3n) is 6.00. The van der Waals surface area contributed by atoms with Crippen LogP contribution in [0.2, 0.25) is 5.02 Å². The molecule has 150 valence electrons. The second kappa shape index (κ2) is 7.69. The Hall–Kier alpha value is -1.56. The molecule has 1 aliphatic heterocycles. The van der Waals surface area contributed by atoms with E-state index in [2.05, 4.69) is 24.0 Å². The SMILES string of the molecule is C[C@@H]1C[C@H](COc2ccc(S(C)(=O)=O)cc2)CN1[C@@H]1Cc2ccc(Cl)cc2C1. The van der Waals surface area contributed by atoms with E-state index in [9.17, 15) is 8.42 Å². The average molecular weight is 420 g/mol. The van der Waals surface area contributed by atoms with E-state index in [4.69, 9.17) is 16.3 Å². The molecular formula is C22H26ClNO3S. The van der Waals surface area contributed by atoms with Crippen molar-refractivity contribution in [3.05, 3.63) is 58.6 Å². The van der Waals surface area contributed by atoms with E-state index in [1.54, 1.807) is 24.3 Å². The maximum atomic E-state index is 11.6. The second-order valence-electron chi connectivity index (χ2n) is 8.18. The molecule has 4 nitrogen and oxygen atoms in total. The highest BCUT2D eigenvalue weighted by Gasteiger charge is 2.36. The molecule has 2 aromatic carbocycles. The van der Waals surface area contributed by atoms with Gasteiger partial charge in [0.1, 0.15) is 5.75 Å². The van der Waals surface area contributed by atoms with Gasteiger partial charge in [-0.15, -0.1) is 0 Å². The molecule has 2 aliphatic rings. The van der Waals surface area contributed by atoms with Gasteiger partial charge in [-0.25, -0.2) is 8.42 Å². The van der Waals surface area contributed by atoms with Gasteiger partial charge < -0.3 is 4.74 Å². The zero-order chi connectivity index (χ0) is 19.9. The largest absolute Gasteiger partial charge is 0.493 e. The van der Waals surface area contributed by atoms with Crippen molar-refractivity contribution in [2.75, 3.05) is 19.4 Å². The van der Waals surface area contributed by atoms with Crippen molar-refractivity contribution in [3.8, 4) is 5.75 Å². The van der Waals surface area contributed by atoms with Gasteiger partial charge in [0.05, 0.1) is 11.5 Å². The fraction of sp³-hybridized carbons (Fsp3) is 0.455. The number of sulfone groups is 1. The minimum absolute atomic E-state index is 0.321. The summed E-state index contributed by atoms with van der Waals surface area (Å²) in [5.41, 5.74) is 2.81. The standard InChI is InChI=1S/C22H26ClNO3S/c1-15-9-16(14-27-21-5-7-22(8-6-21)28(2,25)26)13-24(15)20-11-17-3-4-19(23)10-18(17)12-20/h3-8,10,15-16,20H,9,11-14H2,1-2H3/t15-,16+,20-/m1/s1. The van der Waals surface area contributed by atoms with Crippen LogP contribution in [0.3, 0.4) is 0 Å². The lowest BCUT2D eigenvalue weighted by Gasteiger charge is -2.28. The Labute approximate surface area is 172 Å². The highest BCUT2D eigenvalue weighted by Crippen LogP contribution is 2.34. The molecule has 1 fully saturated rings. The number of hydrogen-bond donors (Lipinski definition) is 0. The summed E-state index contributed by atoms with van der Waals surface area (Å²) in [6.45, 7) is 4.00. The molecule has 0 aromatic heterocycles. The van der Waals surface area contributed by atoms with E-state index in [0.717, 1.165) is 36.6 Å². The molecule has 0 spiro atoms. The molecule has 0 saturated carbocycles. The lowest BCUT2D eigenvalue weighted by Crippen LogP contribution is -2.38. The molecular weight excluding hydrogens is 394 g/mol. The third kappa shape index (κ3) is 4.22. The Kier molecular flexibility index (Phi) is 5.43. The van der Waals surface area contributed by atoms with Crippen molar-refractivity contribution in [1.29, 1.82) is 0 Å². The van der Waals surface area contributed by atoms with Gasteiger partial charge in [-0.2, -0.15) is 0 Å². The number of hydrogen-bond acceptors (Lipinski definition) is 4. The van der Waals surface area contributed by atoms with Crippen LogP contribution in [0.5, 0.6) is 5.75 Å². The van der Waals surface area contributed by atoms with Crippen molar-refractivity contribution in [3.63, 3.8) is 0 Å². The molecule has 0 unspecified atom stereocenters. The monoisotopic (exact) mass is 419 g/mol. The van der Waals surface area contributed by atoms with E-state index in [1.165, 1.54) is 17.4 Å². The fourth-order valence-corrected chi connectivity index (χ4v) is 5.42. The van der Waals surface area contributed by atoms with Gasteiger partial charge in [-0.1, -0.05) is 17.7 Å². The summed E-state index contributed by atoms with van der Waals surface area (Å²) in [5, 5.41) is 0.821. The summed E-state index contributed by atoms with van der Waals surface area (Å²) in [5.74, 6) is 1.21. The van der Waals surface area contributed by atoms with Crippen LogP contribution in [-0.2, 0) is 22.7 Å². The lowest BCUT2D eigenvalue weighted by molar-refractivity contribution is 0.182. The summed E-state index contributed by atoms with van der Waals surface area (Å²) in [7, 11) is -3.17. The average Bonchev–Trinajstić information content (AvgIpc) is 3.22. The van der Waals surface area contributed by atoms with E-state index in [-0.39, 0.29) is 0 Å². The van der Waals surface area contributed by atoms with Crippen LogP contribution in [0.15, 0.2) is 47.4 Å². The van der Waals surface area contributed by atoms with Crippen molar-refractivity contribution < 1.29 is 13.2 Å². The van der Waals surface area contributed by atoms with Crippen molar-refractivity contribution >= 4 is 21.4 Å². The van der Waals surface area contributed by atoms with E-state index >= 15 is 0 Å². The van der Waals surface area contributed by atoms with Gasteiger partial charge in [-0.05, 0) is 73.7 Å². The summed E-state index contributed by atoms with van der Waals surface area (Å²) in [4.78, 5) is 2.94. The Balaban J connectivity index is 1.33. The smallest absolute Gasteiger partial charge is 0.175 e. The molecule has 2 aromatic rings. The highest BCUT2D eigenvalue weighted by molar-refractivity contribution is 7.90. The van der Waals surface area contributed by atoms with Crippen LogP contribution in [0.4, 0.5) is 0 Å². The van der Waals surface area contributed by atoms with Gasteiger partial charge in [0.2, 0.25) is 0 Å². The summed E-state index contributed by atoms with van der Waals surface area (Å²) in [6, 6.07) is 14.0. The summed E-state index contributed by atoms with van der Waals surface area (Å²) in [6.07, 6.45) is 4.50. The second-order valence-corrected chi connectivity index (χ2v) is 10.6. The van der Waals surface area contributed by atoms with Crippen LogP contribution < -0.4 is 4.74 Å². The van der Waals surface area contributed by atoms with Crippen LogP contribution in [0.1, 0.15) is 24.5 Å². The van der Waals surface area contributed by atoms with Gasteiger partial charge >= 0.3 is 0 Å². The molecule has 1 heterocycles. The zero-order valence-corrected chi connectivity index (χ0v) is 17.8. The molecule has 0 N–H and O–H groups in total. The minimum atomic E-state index is -3.17. The quantitative estimate of drug-likeness (QED) is 0.734. The molecule has 1 aliphatic carbocycles. The molecule has 4 rings (SSSR count). The predicted octanol–water partition coefficient (Wildman–Crippen LogP) is 4.00. The Bertz CT molecular complexity index is 958. The number of likely N-dealkylation sites (tertiary alicyclic amines) is 1. The first-order valence-corrected chi connectivity index (χ1v) is 12.0. The molecule has 1 saturated heterocycles. The lowest BCUT2D eigenvalue weighted by atomic mass is 10.1.